The van der Waals surface area contributed by atoms with E-state index in [2.05, 4.69) is 23.5 Å². The van der Waals surface area contributed by atoms with Gasteiger partial charge < -0.3 is 5.32 Å². The van der Waals surface area contributed by atoms with E-state index in [9.17, 15) is 13.2 Å². The zero-order valence-electron chi connectivity index (χ0n) is 18.6. The highest BCUT2D eigenvalue weighted by molar-refractivity contribution is 7.92. The summed E-state index contributed by atoms with van der Waals surface area (Å²) >= 11 is 0. The minimum atomic E-state index is -3.61. The first-order chi connectivity index (χ1) is 14.1. The predicted octanol–water partition coefficient (Wildman–Crippen LogP) is 4.13. The fraction of sp³-hybridized carbons (Fsp3) is 0.458. The molecule has 0 bridgehead atoms. The van der Waals surface area contributed by atoms with Gasteiger partial charge in [0.25, 0.3) is 0 Å². The molecule has 0 aliphatic heterocycles. The molecule has 1 N–H and O–H groups in total. The van der Waals surface area contributed by atoms with Crippen LogP contribution in [-0.4, -0.2) is 27.1 Å². The average molecular weight is 429 g/mol. The molecular weight excluding hydrogens is 396 g/mol. The minimum absolute atomic E-state index is 0.189. The summed E-state index contributed by atoms with van der Waals surface area (Å²) in [5.74, 6) is -0.315. The first-order valence-corrected chi connectivity index (χ1v) is 12.4. The van der Waals surface area contributed by atoms with Crippen molar-refractivity contribution < 1.29 is 13.2 Å². The lowest BCUT2D eigenvalue weighted by Crippen LogP contribution is -2.41. The molecule has 5 nitrogen and oxygen atoms in total. The van der Waals surface area contributed by atoms with Gasteiger partial charge in [-0.15, -0.1) is 0 Å². The molecule has 6 heteroatoms. The molecule has 0 aromatic heterocycles. The molecule has 3 rings (SSSR count). The average Bonchev–Trinajstić information content (AvgIpc) is 2.65. The van der Waals surface area contributed by atoms with Gasteiger partial charge in [0.1, 0.15) is 6.54 Å². The maximum Gasteiger partial charge on any atom is 0.241 e. The molecule has 0 spiro atoms. The third kappa shape index (κ3) is 5.04. The standard InChI is InChI=1S/C24H32N2O3S/c1-16-12-17(2)24(18(3)13-16)26(30(5,28)29)15-23(27)25-19(4)21-11-10-20-8-6-7-9-22(20)14-21/h10-14,19H,6-9,15H2,1-5H3,(H,25,27). The summed E-state index contributed by atoms with van der Waals surface area (Å²) in [4.78, 5) is 12.8. The zero-order chi connectivity index (χ0) is 22.1. The van der Waals surface area contributed by atoms with Crippen LogP contribution in [0.1, 0.15) is 59.2 Å². The van der Waals surface area contributed by atoms with Gasteiger partial charge in [0.05, 0.1) is 18.0 Å². The quantitative estimate of drug-likeness (QED) is 0.752. The number of anilines is 1. The van der Waals surface area contributed by atoms with Crippen LogP contribution in [0.3, 0.4) is 0 Å². The predicted molar refractivity (Wildman–Crippen MR) is 122 cm³/mol. The Morgan fingerprint density at radius 2 is 1.63 bits per heavy atom. The van der Waals surface area contributed by atoms with Gasteiger partial charge in [-0.05, 0) is 81.2 Å². The van der Waals surface area contributed by atoms with Crippen molar-refractivity contribution in [3.63, 3.8) is 0 Å². The van der Waals surface area contributed by atoms with Crippen LogP contribution >= 0.6 is 0 Å². The Hall–Kier alpha value is -2.34. The number of aryl methyl sites for hydroxylation is 5. The molecule has 1 unspecified atom stereocenters. The van der Waals surface area contributed by atoms with Gasteiger partial charge in [0.15, 0.2) is 0 Å². The van der Waals surface area contributed by atoms with E-state index in [1.165, 1.54) is 28.3 Å². The van der Waals surface area contributed by atoms with Crippen molar-refractivity contribution in [3.05, 3.63) is 63.7 Å². The number of nitrogens with zero attached hydrogens (tertiary/aromatic N) is 1. The van der Waals surface area contributed by atoms with Gasteiger partial charge in [0.2, 0.25) is 15.9 Å². The molecule has 1 aliphatic rings. The molecule has 1 aliphatic carbocycles. The lowest BCUT2D eigenvalue weighted by molar-refractivity contribution is -0.120. The normalized spacial score (nSPS) is 14.7. The number of nitrogens with one attached hydrogen (secondary N) is 1. The Morgan fingerprint density at radius 3 is 2.23 bits per heavy atom. The van der Waals surface area contributed by atoms with E-state index in [0.29, 0.717) is 5.69 Å². The Bertz CT molecular complexity index is 1040. The summed E-state index contributed by atoms with van der Waals surface area (Å²) in [6.07, 6.45) is 5.78. The van der Waals surface area contributed by atoms with Crippen LogP contribution in [0.2, 0.25) is 0 Å². The first kappa shape index (κ1) is 22.3. The van der Waals surface area contributed by atoms with E-state index in [1.807, 2.05) is 39.8 Å². The van der Waals surface area contributed by atoms with Gasteiger partial charge in [0, 0.05) is 0 Å². The van der Waals surface area contributed by atoms with Crippen molar-refractivity contribution in [2.24, 2.45) is 0 Å². The van der Waals surface area contributed by atoms with E-state index in [0.717, 1.165) is 41.4 Å². The summed E-state index contributed by atoms with van der Waals surface area (Å²) in [6, 6.07) is 10.1. The molecule has 0 heterocycles. The summed E-state index contributed by atoms with van der Waals surface area (Å²) in [6.45, 7) is 7.43. The molecule has 0 saturated heterocycles. The fourth-order valence-electron chi connectivity index (χ4n) is 4.45. The maximum absolute atomic E-state index is 12.8. The number of fused-ring (bicyclic) bond motifs is 1. The zero-order valence-corrected chi connectivity index (χ0v) is 19.4. The second kappa shape index (κ2) is 8.80. The number of sulfonamides is 1. The molecule has 2 aromatic carbocycles. The van der Waals surface area contributed by atoms with Gasteiger partial charge in [-0.3, -0.25) is 9.10 Å². The summed E-state index contributed by atoms with van der Waals surface area (Å²) in [7, 11) is -3.61. The highest BCUT2D eigenvalue weighted by atomic mass is 32.2. The van der Waals surface area contributed by atoms with Gasteiger partial charge in [-0.1, -0.05) is 35.9 Å². The van der Waals surface area contributed by atoms with Crippen LogP contribution in [0, 0.1) is 20.8 Å². The number of hydrogen-bond donors (Lipinski definition) is 1. The Balaban J connectivity index is 1.79. The van der Waals surface area contributed by atoms with E-state index in [4.69, 9.17) is 0 Å². The summed E-state index contributed by atoms with van der Waals surface area (Å²) < 4.78 is 26.3. The van der Waals surface area contributed by atoms with Crippen LogP contribution in [-0.2, 0) is 27.7 Å². The second-order valence-corrected chi connectivity index (χ2v) is 10.4. The monoisotopic (exact) mass is 428 g/mol. The van der Waals surface area contributed by atoms with Crippen LogP contribution in [0.4, 0.5) is 5.69 Å². The first-order valence-electron chi connectivity index (χ1n) is 10.5. The van der Waals surface area contributed by atoms with E-state index >= 15 is 0 Å². The third-order valence-corrected chi connectivity index (χ3v) is 6.93. The SMILES string of the molecule is Cc1cc(C)c(N(CC(=O)NC(C)c2ccc3c(c2)CCCC3)S(C)(=O)=O)c(C)c1. The highest BCUT2D eigenvalue weighted by Crippen LogP contribution is 2.28. The van der Waals surface area contributed by atoms with Crippen molar-refractivity contribution in [3.8, 4) is 0 Å². The topological polar surface area (TPSA) is 66.5 Å². The van der Waals surface area contributed by atoms with Crippen molar-refractivity contribution in [2.45, 2.75) is 59.4 Å². The Kier molecular flexibility index (Phi) is 6.56. The van der Waals surface area contributed by atoms with Crippen molar-refractivity contribution in [1.29, 1.82) is 0 Å². The van der Waals surface area contributed by atoms with Crippen molar-refractivity contribution >= 4 is 21.6 Å². The van der Waals surface area contributed by atoms with Crippen LogP contribution < -0.4 is 9.62 Å². The number of rotatable bonds is 6. The van der Waals surface area contributed by atoms with Gasteiger partial charge in [-0.2, -0.15) is 0 Å². The van der Waals surface area contributed by atoms with E-state index < -0.39 is 10.0 Å². The number of carbonyl (C=O) groups is 1. The number of amides is 1. The van der Waals surface area contributed by atoms with Crippen LogP contribution in [0.5, 0.6) is 0 Å². The molecule has 2 aromatic rings. The van der Waals surface area contributed by atoms with E-state index in [-0.39, 0.29) is 18.5 Å². The molecular formula is C24H32N2O3S. The molecule has 0 fully saturated rings. The summed E-state index contributed by atoms with van der Waals surface area (Å²) in [5, 5.41) is 2.98. The molecule has 0 saturated carbocycles. The molecule has 30 heavy (non-hydrogen) atoms. The van der Waals surface area contributed by atoms with Crippen molar-refractivity contribution in [2.75, 3.05) is 17.1 Å². The second-order valence-electron chi connectivity index (χ2n) is 8.54. The lowest BCUT2D eigenvalue weighted by Gasteiger charge is -2.27. The third-order valence-electron chi connectivity index (χ3n) is 5.82. The molecule has 162 valence electrons. The molecule has 0 radical (unpaired) electrons. The van der Waals surface area contributed by atoms with E-state index in [1.54, 1.807) is 0 Å². The largest absolute Gasteiger partial charge is 0.348 e. The summed E-state index contributed by atoms with van der Waals surface area (Å²) in [5.41, 5.74) is 7.15. The smallest absolute Gasteiger partial charge is 0.241 e. The number of hydrogen-bond acceptors (Lipinski definition) is 3. The fourth-order valence-corrected chi connectivity index (χ4v) is 5.42. The molecule has 1 atom stereocenters. The highest BCUT2D eigenvalue weighted by Gasteiger charge is 2.25. The van der Waals surface area contributed by atoms with Gasteiger partial charge in [-0.25, -0.2) is 8.42 Å². The minimum Gasteiger partial charge on any atom is -0.348 e. The maximum atomic E-state index is 12.8. The lowest BCUT2D eigenvalue weighted by atomic mass is 9.89. The number of carbonyl (C=O) groups excluding carboxylic acids is 1. The van der Waals surface area contributed by atoms with Crippen molar-refractivity contribution in [1.82, 2.24) is 5.32 Å². The van der Waals surface area contributed by atoms with Gasteiger partial charge >= 0.3 is 0 Å². The Morgan fingerprint density at radius 1 is 1.03 bits per heavy atom. The van der Waals surface area contributed by atoms with Crippen LogP contribution in [0.25, 0.3) is 0 Å². The van der Waals surface area contributed by atoms with Crippen LogP contribution in [0.15, 0.2) is 30.3 Å². The molecule has 1 amide bonds. The number of benzene rings is 2. The Labute approximate surface area is 180 Å².